The first-order chi connectivity index (χ1) is 3.63. The molecule has 0 aliphatic carbocycles. The van der Waals surface area contributed by atoms with Gasteiger partial charge in [-0.15, -0.1) is 0 Å². The Morgan fingerprint density at radius 1 is 1.56 bits per heavy atom. The van der Waals surface area contributed by atoms with E-state index < -0.39 is 5.97 Å². The standard InChI is InChI=1S/C6H10O2.Na/c1-5(2)3-4-6(7)8;/h3H,4H2,1-2H3,(H,7,8);. The molecule has 0 heterocycles. The molecule has 0 bridgehead atoms. The molecule has 3 heteroatoms. The van der Waals surface area contributed by atoms with E-state index in [-0.39, 0.29) is 36.0 Å². The number of carboxylic acid groups (broad SMARTS) is 1. The van der Waals surface area contributed by atoms with E-state index >= 15 is 0 Å². The molecular formula is C6H10NaO2. The van der Waals surface area contributed by atoms with Crippen molar-refractivity contribution >= 4 is 35.5 Å². The molecule has 0 unspecified atom stereocenters. The molecule has 9 heavy (non-hydrogen) atoms. The maximum Gasteiger partial charge on any atom is 0.307 e. The average molecular weight is 137 g/mol. The van der Waals surface area contributed by atoms with Crippen LogP contribution in [0.3, 0.4) is 0 Å². The summed E-state index contributed by atoms with van der Waals surface area (Å²) in [5.74, 6) is -0.772. The Labute approximate surface area is 77.2 Å². The first-order valence-electron chi connectivity index (χ1n) is 2.48. The second-order valence-electron chi connectivity index (χ2n) is 1.88. The van der Waals surface area contributed by atoms with Crippen molar-refractivity contribution in [2.75, 3.05) is 0 Å². The maximum atomic E-state index is 9.86. The number of hydrogen-bond donors (Lipinski definition) is 1. The van der Waals surface area contributed by atoms with Crippen LogP contribution in [0.1, 0.15) is 20.3 Å². The first-order valence-corrected chi connectivity index (χ1v) is 2.48. The van der Waals surface area contributed by atoms with Gasteiger partial charge in [0.2, 0.25) is 0 Å². The van der Waals surface area contributed by atoms with Gasteiger partial charge in [0, 0.05) is 29.6 Å². The molecule has 0 aliphatic heterocycles. The zero-order chi connectivity index (χ0) is 6.57. The fourth-order valence-electron chi connectivity index (χ4n) is 0.291. The van der Waals surface area contributed by atoms with Crippen molar-refractivity contribution in [1.29, 1.82) is 0 Å². The van der Waals surface area contributed by atoms with E-state index in [9.17, 15) is 4.79 Å². The second kappa shape index (κ2) is 6.33. The Balaban J connectivity index is 0. The van der Waals surface area contributed by atoms with Crippen LogP contribution in [0.4, 0.5) is 0 Å². The maximum absolute atomic E-state index is 9.86. The molecular weight excluding hydrogens is 127 g/mol. The van der Waals surface area contributed by atoms with Crippen LogP contribution in [-0.2, 0) is 4.79 Å². The van der Waals surface area contributed by atoms with Crippen molar-refractivity contribution in [3.05, 3.63) is 11.6 Å². The number of aliphatic carboxylic acids is 1. The third-order valence-electron chi connectivity index (χ3n) is 0.685. The van der Waals surface area contributed by atoms with E-state index in [1.54, 1.807) is 6.08 Å². The average Bonchev–Trinajstić information content (AvgIpc) is 1.61. The molecule has 0 spiro atoms. The summed E-state index contributed by atoms with van der Waals surface area (Å²) in [6.07, 6.45) is 1.82. The fourth-order valence-corrected chi connectivity index (χ4v) is 0.291. The van der Waals surface area contributed by atoms with Crippen LogP contribution in [0.15, 0.2) is 11.6 Å². The van der Waals surface area contributed by atoms with Gasteiger partial charge in [0.25, 0.3) is 0 Å². The third-order valence-corrected chi connectivity index (χ3v) is 0.685. The molecule has 0 rings (SSSR count). The molecule has 47 valence electrons. The van der Waals surface area contributed by atoms with Crippen LogP contribution in [-0.4, -0.2) is 40.6 Å². The molecule has 0 saturated heterocycles. The van der Waals surface area contributed by atoms with Gasteiger partial charge in [-0.05, 0) is 13.8 Å². The van der Waals surface area contributed by atoms with Gasteiger partial charge in [0.15, 0.2) is 0 Å². The Kier molecular flexibility index (Phi) is 8.40. The molecule has 0 saturated carbocycles. The SMILES string of the molecule is CC(C)=CCC(=O)O.[Na]. The van der Waals surface area contributed by atoms with E-state index in [1.165, 1.54) is 0 Å². The van der Waals surface area contributed by atoms with E-state index in [0.29, 0.717) is 0 Å². The van der Waals surface area contributed by atoms with Gasteiger partial charge in [0.1, 0.15) is 0 Å². The zero-order valence-corrected chi connectivity index (χ0v) is 8.14. The van der Waals surface area contributed by atoms with Gasteiger partial charge in [0.05, 0.1) is 6.42 Å². The van der Waals surface area contributed by atoms with Crippen molar-refractivity contribution in [2.24, 2.45) is 0 Å². The molecule has 0 aliphatic rings. The molecule has 1 radical (unpaired) electrons. The summed E-state index contributed by atoms with van der Waals surface area (Å²) in [5, 5.41) is 8.12. The van der Waals surface area contributed by atoms with Crippen LogP contribution in [0, 0.1) is 0 Å². The van der Waals surface area contributed by atoms with E-state index in [1.807, 2.05) is 13.8 Å². The fraction of sp³-hybridized carbons (Fsp3) is 0.500. The van der Waals surface area contributed by atoms with Gasteiger partial charge in [-0.3, -0.25) is 4.79 Å². The number of allylic oxidation sites excluding steroid dienone is 1. The molecule has 0 amide bonds. The van der Waals surface area contributed by atoms with Gasteiger partial charge in [-0.1, -0.05) is 11.6 Å². The Morgan fingerprint density at radius 3 is 2.11 bits per heavy atom. The molecule has 0 fully saturated rings. The number of hydrogen-bond acceptors (Lipinski definition) is 1. The van der Waals surface area contributed by atoms with Crippen LogP contribution < -0.4 is 0 Å². The van der Waals surface area contributed by atoms with Crippen LogP contribution in [0.2, 0.25) is 0 Å². The topological polar surface area (TPSA) is 37.3 Å². The summed E-state index contributed by atoms with van der Waals surface area (Å²) in [6, 6.07) is 0. The van der Waals surface area contributed by atoms with E-state index in [2.05, 4.69) is 0 Å². The van der Waals surface area contributed by atoms with E-state index in [4.69, 9.17) is 5.11 Å². The van der Waals surface area contributed by atoms with Crippen molar-refractivity contribution in [3.8, 4) is 0 Å². The molecule has 1 N–H and O–H groups in total. The van der Waals surface area contributed by atoms with Crippen LogP contribution in [0.5, 0.6) is 0 Å². The summed E-state index contributed by atoms with van der Waals surface area (Å²) < 4.78 is 0. The molecule has 2 nitrogen and oxygen atoms in total. The van der Waals surface area contributed by atoms with Crippen molar-refractivity contribution < 1.29 is 9.90 Å². The largest absolute Gasteiger partial charge is 0.481 e. The minimum absolute atomic E-state index is 0. The molecule has 0 aromatic carbocycles. The quantitative estimate of drug-likeness (QED) is 0.456. The number of carbonyl (C=O) groups is 1. The summed E-state index contributed by atoms with van der Waals surface area (Å²) in [5.41, 5.74) is 1.05. The van der Waals surface area contributed by atoms with Crippen LogP contribution in [0.25, 0.3) is 0 Å². The molecule has 0 atom stereocenters. The number of carboxylic acids is 1. The minimum Gasteiger partial charge on any atom is -0.481 e. The second-order valence-corrected chi connectivity index (χ2v) is 1.88. The van der Waals surface area contributed by atoms with Crippen LogP contribution >= 0.6 is 0 Å². The minimum atomic E-state index is -0.772. The van der Waals surface area contributed by atoms with Gasteiger partial charge in [-0.25, -0.2) is 0 Å². The summed E-state index contributed by atoms with van der Waals surface area (Å²) in [4.78, 5) is 9.86. The third kappa shape index (κ3) is 11.7. The molecule has 0 aromatic rings. The van der Waals surface area contributed by atoms with Gasteiger partial charge >= 0.3 is 5.97 Å². The predicted octanol–water partition coefficient (Wildman–Crippen LogP) is 1.05. The van der Waals surface area contributed by atoms with Gasteiger partial charge < -0.3 is 5.11 Å². The first kappa shape index (κ1) is 11.9. The normalized spacial score (nSPS) is 7.33. The van der Waals surface area contributed by atoms with Crippen molar-refractivity contribution in [1.82, 2.24) is 0 Å². The smallest absolute Gasteiger partial charge is 0.307 e. The Hall–Kier alpha value is 0.210. The van der Waals surface area contributed by atoms with Crippen molar-refractivity contribution in [3.63, 3.8) is 0 Å². The van der Waals surface area contributed by atoms with E-state index in [0.717, 1.165) is 5.57 Å². The summed E-state index contributed by atoms with van der Waals surface area (Å²) in [6.45, 7) is 3.76. The number of rotatable bonds is 2. The zero-order valence-electron chi connectivity index (χ0n) is 6.14. The Morgan fingerprint density at radius 2 is 2.00 bits per heavy atom. The molecule has 0 aromatic heterocycles. The Bertz CT molecular complexity index is 114. The predicted molar refractivity (Wildman–Crippen MR) is 37.4 cm³/mol. The van der Waals surface area contributed by atoms with Gasteiger partial charge in [-0.2, -0.15) is 0 Å². The monoisotopic (exact) mass is 137 g/mol. The summed E-state index contributed by atoms with van der Waals surface area (Å²) in [7, 11) is 0. The summed E-state index contributed by atoms with van der Waals surface area (Å²) >= 11 is 0. The van der Waals surface area contributed by atoms with Crippen molar-refractivity contribution in [2.45, 2.75) is 20.3 Å².